The van der Waals surface area contributed by atoms with Crippen molar-refractivity contribution in [3.8, 4) is 0 Å². The van der Waals surface area contributed by atoms with Crippen LogP contribution < -0.4 is 5.32 Å². The van der Waals surface area contributed by atoms with E-state index in [0.717, 1.165) is 32.4 Å². The van der Waals surface area contributed by atoms with E-state index in [2.05, 4.69) is 17.1 Å². The second-order valence-electron chi connectivity index (χ2n) is 6.21. The van der Waals surface area contributed by atoms with Gasteiger partial charge in [-0.05, 0) is 44.7 Å². The van der Waals surface area contributed by atoms with E-state index in [9.17, 15) is 14.7 Å². The number of rotatable bonds is 4. The Bertz CT molecular complexity index is 388. The summed E-state index contributed by atoms with van der Waals surface area (Å²) in [4.78, 5) is 27.6. The number of likely N-dealkylation sites (tertiary alicyclic amines) is 2. The third kappa shape index (κ3) is 3.67. The number of piperidine rings is 1. The van der Waals surface area contributed by atoms with Crippen LogP contribution in [0, 0.1) is 5.92 Å². The van der Waals surface area contributed by atoms with E-state index in [4.69, 9.17) is 0 Å². The van der Waals surface area contributed by atoms with Crippen LogP contribution in [0.25, 0.3) is 0 Å². The van der Waals surface area contributed by atoms with E-state index in [1.165, 1.54) is 11.3 Å². The van der Waals surface area contributed by atoms with Crippen molar-refractivity contribution in [1.29, 1.82) is 0 Å². The van der Waals surface area contributed by atoms with Crippen LogP contribution in [0.3, 0.4) is 0 Å². The standard InChI is InChI=1S/C15H27N3O3/c1-3-17-8-5-7-12(17)10-16-15(21)18-9-4-6-11(2)13(18)14(19)20/h11-13H,3-10H2,1-2H3,(H,16,21)(H,19,20). The lowest BCUT2D eigenvalue weighted by Crippen LogP contribution is -2.56. The third-order valence-electron chi connectivity index (χ3n) is 4.84. The number of nitrogens with one attached hydrogen (secondary N) is 1. The lowest BCUT2D eigenvalue weighted by Gasteiger charge is -2.37. The summed E-state index contributed by atoms with van der Waals surface area (Å²) < 4.78 is 0. The van der Waals surface area contributed by atoms with E-state index in [0.29, 0.717) is 19.1 Å². The van der Waals surface area contributed by atoms with Gasteiger partial charge in [-0.2, -0.15) is 0 Å². The van der Waals surface area contributed by atoms with Crippen LogP contribution in [0.15, 0.2) is 0 Å². The van der Waals surface area contributed by atoms with Gasteiger partial charge in [0.25, 0.3) is 0 Å². The van der Waals surface area contributed by atoms with Crippen molar-refractivity contribution in [3.63, 3.8) is 0 Å². The zero-order chi connectivity index (χ0) is 15.4. The van der Waals surface area contributed by atoms with E-state index >= 15 is 0 Å². The van der Waals surface area contributed by atoms with Gasteiger partial charge in [-0.25, -0.2) is 9.59 Å². The number of carboxylic acids is 1. The van der Waals surface area contributed by atoms with Crippen molar-refractivity contribution in [2.24, 2.45) is 5.92 Å². The van der Waals surface area contributed by atoms with Crippen LogP contribution in [0.5, 0.6) is 0 Å². The molecule has 2 aliphatic heterocycles. The van der Waals surface area contributed by atoms with Gasteiger partial charge in [0.15, 0.2) is 0 Å². The summed E-state index contributed by atoms with van der Waals surface area (Å²) in [7, 11) is 0. The van der Waals surface area contributed by atoms with Crippen LogP contribution >= 0.6 is 0 Å². The Morgan fingerprint density at radius 2 is 1.95 bits per heavy atom. The molecule has 0 bridgehead atoms. The fourth-order valence-corrected chi connectivity index (χ4v) is 3.64. The first-order valence-electron chi connectivity index (χ1n) is 8.06. The zero-order valence-corrected chi connectivity index (χ0v) is 13.0. The Kier molecular flexibility index (Phi) is 5.45. The number of likely N-dealkylation sites (N-methyl/N-ethyl adjacent to an activating group) is 1. The molecule has 3 unspecified atom stereocenters. The largest absolute Gasteiger partial charge is 0.480 e. The van der Waals surface area contributed by atoms with Crippen LogP contribution in [-0.2, 0) is 4.79 Å². The monoisotopic (exact) mass is 297 g/mol. The Hall–Kier alpha value is -1.30. The second-order valence-corrected chi connectivity index (χ2v) is 6.21. The van der Waals surface area contributed by atoms with Crippen molar-refractivity contribution in [2.45, 2.75) is 51.6 Å². The summed E-state index contributed by atoms with van der Waals surface area (Å²) in [6.07, 6.45) is 4.02. The smallest absolute Gasteiger partial charge is 0.326 e. The van der Waals surface area contributed by atoms with E-state index in [-0.39, 0.29) is 11.9 Å². The number of aliphatic carboxylic acids is 1. The van der Waals surface area contributed by atoms with Crippen molar-refractivity contribution < 1.29 is 14.7 Å². The SMILES string of the molecule is CCN1CCCC1CNC(=O)N1CCCC(C)C1C(=O)O. The van der Waals surface area contributed by atoms with Gasteiger partial charge in [0.05, 0.1) is 0 Å². The molecule has 2 aliphatic rings. The van der Waals surface area contributed by atoms with Crippen molar-refractivity contribution in [3.05, 3.63) is 0 Å². The number of carboxylic acid groups (broad SMARTS) is 1. The molecule has 21 heavy (non-hydrogen) atoms. The first kappa shape index (κ1) is 16.1. The lowest BCUT2D eigenvalue weighted by atomic mass is 9.91. The zero-order valence-electron chi connectivity index (χ0n) is 13.0. The minimum Gasteiger partial charge on any atom is -0.480 e. The number of amides is 2. The summed E-state index contributed by atoms with van der Waals surface area (Å²) in [5.74, 6) is -0.881. The van der Waals surface area contributed by atoms with Crippen LogP contribution in [0.1, 0.15) is 39.5 Å². The number of hydrogen-bond acceptors (Lipinski definition) is 3. The van der Waals surface area contributed by atoms with Crippen molar-refractivity contribution in [2.75, 3.05) is 26.2 Å². The average Bonchev–Trinajstić information content (AvgIpc) is 2.91. The Morgan fingerprint density at radius 1 is 1.24 bits per heavy atom. The predicted molar refractivity (Wildman–Crippen MR) is 80.2 cm³/mol. The molecule has 0 saturated carbocycles. The second kappa shape index (κ2) is 7.11. The summed E-state index contributed by atoms with van der Waals surface area (Å²) in [5, 5.41) is 12.3. The van der Waals surface area contributed by atoms with E-state index < -0.39 is 12.0 Å². The Labute approximate surface area is 126 Å². The fraction of sp³-hybridized carbons (Fsp3) is 0.867. The fourth-order valence-electron chi connectivity index (χ4n) is 3.64. The van der Waals surface area contributed by atoms with Gasteiger partial charge in [-0.3, -0.25) is 4.90 Å². The molecule has 0 aromatic carbocycles. The molecule has 0 aliphatic carbocycles. The molecule has 2 amide bonds. The average molecular weight is 297 g/mol. The van der Waals surface area contributed by atoms with Gasteiger partial charge in [-0.1, -0.05) is 13.8 Å². The minimum absolute atomic E-state index is 0.0145. The highest BCUT2D eigenvalue weighted by molar-refractivity contribution is 5.83. The molecule has 0 aromatic rings. The summed E-state index contributed by atoms with van der Waals surface area (Å²) in [6.45, 7) is 7.29. The molecular weight excluding hydrogens is 270 g/mol. The lowest BCUT2D eigenvalue weighted by molar-refractivity contribution is -0.145. The molecule has 0 aromatic heterocycles. The van der Waals surface area contributed by atoms with Gasteiger partial charge >= 0.3 is 12.0 Å². The molecule has 0 spiro atoms. The highest BCUT2D eigenvalue weighted by atomic mass is 16.4. The first-order chi connectivity index (χ1) is 10.0. The summed E-state index contributed by atoms with van der Waals surface area (Å²) in [6, 6.07) is -0.522. The quantitative estimate of drug-likeness (QED) is 0.822. The molecule has 0 radical (unpaired) electrons. The van der Waals surface area contributed by atoms with Crippen molar-refractivity contribution in [1.82, 2.24) is 15.1 Å². The molecule has 2 rings (SSSR count). The number of urea groups is 1. The van der Waals surface area contributed by atoms with Crippen LogP contribution in [0.4, 0.5) is 4.79 Å². The number of hydrogen-bond donors (Lipinski definition) is 2. The van der Waals surface area contributed by atoms with Gasteiger partial charge < -0.3 is 15.3 Å². The summed E-state index contributed by atoms with van der Waals surface area (Å²) in [5.41, 5.74) is 0. The molecule has 2 heterocycles. The maximum Gasteiger partial charge on any atom is 0.326 e. The molecule has 2 N–H and O–H groups in total. The van der Waals surface area contributed by atoms with Crippen molar-refractivity contribution >= 4 is 12.0 Å². The normalized spacial score (nSPS) is 30.4. The van der Waals surface area contributed by atoms with Gasteiger partial charge in [0, 0.05) is 19.1 Å². The molecule has 6 heteroatoms. The number of carbonyl (C=O) groups excluding carboxylic acids is 1. The predicted octanol–water partition coefficient (Wildman–Crippen LogP) is 1.37. The first-order valence-corrected chi connectivity index (χ1v) is 8.06. The minimum atomic E-state index is -0.895. The highest BCUT2D eigenvalue weighted by Crippen LogP contribution is 2.23. The molecule has 6 nitrogen and oxygen atoms in total. The Morgan fingerprint density at radius 3 is 2.62 bits per heavy atom. The maximum absolute atomic E-state index is 12.3. The van der Waals surface area contributed by atoms with Gasteiger partial charge in [-0.15, -0.1) is 0 Å². The maximum atomic E-state index is 12.3. The Balaban J connectivity index is 1.90. The van der Waals surface area contributed by atoms with E-state index in [1.54, 1.807) is 0 Å². The molecular formula is C15H27N3O3. The highest BCUT2D eigenvalue weighted by Gasteiger charge is 2.37. The third-order valence-corrected chi connectivity index (χ3v) is 4.84. The van der Waals surface area contributed by atoms with Gasteiger partial charge in [0.1, 0.15) is 6.04 Å². The van der Waals surface area contributed by atoms with Crippen LogP contribution in [0.2, 0.25) is 0 Å². The number of nitrogens with zero attached hydrogens (tertiary/aromatic N) is 2. The van der Waals surface area contributed by atoms with E-state index in [1.807, 2.05) is 6.92 Å². The molecule has 3 atom stereocenters. The van der Waals surface area contributed by atoms with Gasteiger partial charge in [0.2, 0.25) is 0 Å². The topological polar surface area (TPSA) is 72.9 Å². The summed E-state index contributed by atoms with van der Waals surface area (Å²) >= 11 is 0. The molecule has 2 fully saturated rings. The number of carbonyl (C=O) groups is 2. The molecule has 120 valence electrons. The molecule has 2 saturated heterocycles. The van der Waals surface area contributed by atoms with Crippen LogP contribution in [-0.4, -0.2) is 65.2 Å².